The molecule has 0 saturated heterocycles. The third-order valence-corrected chi connectivity index (χ3v) is 4.03. The van der Waals surface area contributed by atoms with Gasteiger partial charge in [0.15, 0.2) is 0 Å². The van der Waals surface area contributed by atoms with Crippen LogP contribution in [0.2, 0.25) is 0 Å². The number of nitrogens with zero attached hydrogens (tertiary/aromatic N) is 1. The summed E-state index contributed by atoms with van der Waals surface area (Å²) in [5.74, 6) is -1.05. The molecule has 1 aliphatic rings. The Morgan fingerprint density at radius 1 is 1.33 bits per heavy atom. The van der Waals surface area contributed by atoms with Crippen molar-refractivity contribution in [1.82, 2.24) is 0 Å². The number of benzene rings is 1. The summed E-state index contributed by atoms with van der Waals surface area (Å²) in [7, 11) is 0. The number of nitrogens with one attached hydrogen (secondary N) is 1. The van der Waals surface area contributed by atoms with E-state index >= 15 is 0 Å². The maximum atomic E-state index is 13.4. The maximum absolute atomic E-state index is 13.4. The molecule has 6 nitrogen and oxygen atoms in total. The van der Waals surface area contributed by atoms with Crippen LogP contribution in [-0.4, -0.2) is 17.4 Å². The predicted molar refractivity (Wildman–Crippen MR) is 76.3 cm³/mol. The number of nitro groups is 1. The van der Waals surface area contributed by atoms with Crippen LogP contribution in [0, 0.1) is 21.3 Å². The van der Waals surface area contributed by atoms with Crippen molar-refractivity contribution in [2.24, 2.45) is 11.1 Å². The molecule has 3 N–H and O–H groups in total. The van der Waals surface area contributed by atoms with Crippen LogP contribution in [-0.2, 0) is 4.79 Å². The summed E-state index contributed by atoms with van der Waals surface area (Å²) < 4.78 is 13.4. The summed E-state index contributed by atoms with van der Waals surface area (Å²) in [6.07, 6.45) is 4.29. The van der Waals surface area contributed by atoms with Gasteiger partial charge in [0.25, 0.3) is 5.69 Å². The van der Waals surface area contributed by atoms with E-state index < -0.39 is 21.8 Å². The number of non-ortho nitro benzene ring substituents is 1. The molecular weight excluding hydrogens is 277 g/mol. The van der Waals surface area contributed by atoms with E-state index in [1.165, 1.54) is 0 Å². The summed E-state index contributed by atoms with van der Waals surface area (Å²) in [5, 5.41) is 13.3. The third kappa shape index (κ3) is 3.36. The number of nitro benzene ring substituents is 1. The molecule has 1 fully saturated rings. The standard InChI is InChI=1S/C14H18FN3O3/c15-10-6-11(8-12(7-10)18(20)21)17-13(19)14(9-16)4-2-1-3-5-14/h6-8H,1-5,9,16H2,(H,17,19). The van der Waals surface area contributed by atoms with Gasteiger partial charge in [-0.3, -0.25) is 14.9 Å². The molecule has 2 rings (SSSR count). The number of nitrogens with two attached hydrogens (primary N) is 1. The molecule has 0 bridgehead atoms. The van der Waals surface area contributed by atoms with E-state index in [1.54, 1.807) is 0 Å². The van der Waals surface area contributed by atoms with Crippen LogP contribution in [0.4, 0.5) is 15.8 Å². The molecule has 0 radical (unpaired) electrons. The average Bonchev–Trinajstić information content (AvgIpc) is 2.47. The van der Waals surface area contributed by atoms with Gasteiger partial charge >= 0.3 is 0 Å². The molecule has 0 aliphatic heterocycles. The molecule has 1 amide bonds. The number of amides is 1. The van der Waals surface area contributed by atoms with Gasteiger partial charge in [0, 0.05) is 12.6 Å². The number of anilines is 1. The van der Waals surface area contributed by atoms with Crippen molar-refractivity contribution in [3.05, 3.63) is 34.1 Å². The highest BCUT2D eigenvalue weighted by molar-refractivity contribution is 5.95. The van der Waals surface area contributed by atoms with Crippen molar-refractivity contribution < 1.29 is 14.1 Å². The zero-order valence-electron chi connectivity index (χ0n) is 11.6. The molecule has 0 aromatic heterocycles. The lowest BCUT2D eigenvalue weighted by atomic mass is 9.73. The molecule has 1 aromatic carbocycles. The largest absolute Gasteiger partial charge is 0.329 e. The maximum Gasteiger partial charge on any atom is 0.274 e. The molecule has 21 heavy (non-hydrogen) atoms. The summed E-state index contributed by atoms with van der Waals surface area (Å²) in [6, 6.07) is 3.03. The van der Waals surface area contributed by atoms with Gasteiger partial charge in [-0.2, -0.15) is 0 Å². The fourth-order valence-electron chi connectivity index (χ4n) is 2.77. The summed E-state index contributed by atoms with van der Waals surface area (Å²) in [4.78, 5) is 22.5. The van der Waals surface area contributed by atoms with Crippen LogP contribution in [0.1, 0.15) is 32.1 Å². The quantitative estimate of drug-likeness (QED) is 0.658. The fraction of sp³-hybridized carbons (Fsp3) is 0.500. The zero-order valence-corrected chi connectivity index (χ0v) is 11.6. The van der Waals surface area contributed by atoms with Gasteiger partial charge in [-0.1, -0.05) is 19.3 Å². The first-order valence-corrected chi connectivity index (χ1v) is 6.93. The number of rotatable bonds is 4. The van der Waals surface area contributed by atoms with Crippen LogP contribution >= 0.6 is 0 Å². The van der Waals surface area contributed by atoms with E-state index in [4.69, 9.17) is 5.73 Å². The Hall–Kier alpha value is -2.02. The minimum Gasteiger partial charge on any atom is -0.329 e. The number of carbonyl (C=O) groups excluding carboxylic acids is 1. The van der Waals surface area contributed by atoms with Gasteiger partial charge in [-0.15, -0.1) is 0 Å². The topological polar surface area (TPSA) is 98.3 Å². The molecule has 1 aliphatic carbocycles. The molecule has 7 heteroatoms. The first-order chi connectivity index (χ1) is 9.97. The van der Waals surface area contributed by atoms with E-state index in [9.17, 15) is 19.3 Å². The van der Waals surface area contributed by atoms with E-state index in [-0.39, 0.29) is 18.1 Å². The van der Waals surface area contributed by atoms with E-state index in [2.05, 4.69) is 5.32 Å². The zero-order chi connectivity index (χ0) is 15.5. The highest BCUT2D eigenvalue weighted by Crippen LogP contribution is 2.36. The van der Waals surface area contributed by atoms with Gasteiger partial charge in [-0.25, -0.2) is 4.39 Å². The van der Waals surface area contributed by atoms with Gasteiger partial charge in [0.2, 0.25) is 5.91 Å². The normalized spacial score (nSPS) is 17.2. The van der Waals surface area contributed by atoms with Crippen LogP contribution in [0.5, 0.6) is 0 Å². The lowest BCUT2D eigenvalue weighted by molar-refractivity contribution is -0.385. The lowest BCUT2D eigenvalue weighted by Gasteiger charge is -2.34. The van der Waals surface area contributed by atoms with Gasteiger partial charge in [0.05, 0.1) is 22.1 Å². The molecule has 0 heterocycles. The molecule has 0 atom stereocenters. The Kier molecular flexibility index (Phi) is 4.52. The Bertz CT molecular complexity index is 556. The summed E-state index contributed by atoms with van der Waals surface area (Å²) in [6.45, 7) is 0.218. The minimum absolute atomic E-state index is 0.0881. The molecular formula is C14H18FN3O3. The molecule has 1 aromatic rings. The van der Waals surface area contributed by atoms with Crippen molar-refractivity contribution in [2.75, 3.05) is 11.9 Å². The molecule has 114 valence electrons. The second-order valence-electron chi connectivity index (χ2n) is 5.45. The highest BCUT2D eigenvalue weighted by atomic mass is 19.1. The summed E-state index contributed by atoms with van der Waals surface area (Å²) in [5.41, 5.74) is 4.80. The SMILES string of the molecule is NCC1(C(=O)Nc2cc(F)cc([N+](=O)[O-])c2)CCCCC1. The second kappa shape index (κ2) is 6.17. The molecule has 1 saturated carbocycles. The van der Waals surface area contributed by atoms with Gasteiger partial charge in [-0.05, 0) is 18.9 Å². The van der Waals surface area contributed by atoms with Crippen LogP contribution in [0.3, 0.4) is 0 Å². The summed E-state index contributed by atoms with van der Waals surface area (Å²) >= 11 is 0. The fourth-order valence-corrected chi connectivity index (χ4v) is 2.77. The highest BCUT2D eigenvalue weighted by Gasteiger charge is 2.38. The van der Waals surface area contributed by atoms with E-state index in [1.807, 2.05) is 0 Å². The Morgan fingerprint density at radius 3 is 2.57 bits per heavy atom. The first-order valence-electron chi connectivity index (χ1n) is 6.93. The molecule has 0 unspecified atom stereocenters. The Labute approximate surface area is 121 Å². The lowest BCUT2D eigenvalue weighted by Crippen LogP contribution is -2.43. The van der Waals surface area contributed by atoms with Crippen molar-refractivity contribution in [1.29, 1.82) is 0 Å². The smallest absolute Gasteiger partial charge is 0.274 e. The van der Waals surface area contributed by atoms with Crippen LogP contribution in [0.15, 0.2) is 18.2 Å². The number of halogens is 1. The van der Waals surface area contributed by atoms with Crippen LogP contribution in [0.25, 0.3) is 0 Å². The Balaban J connectivity index is 2.20. The second-order valence-corrected chi connectivity index (χ2v) is 5.45. The van der Waals surface area contributed by atoms with Crippen molar-refractivity contribution in [3.8, 4) is 0 Å². The van der Waals surface area contributed by atoms with Crippen molar-refractivity contribution in [3.63, 3.8) is 0 Å². The van der Waals surface area contributed by atoms with Crippen molar-refractivity contribution >= 4 is 17.3 Å². The van der Waals surface area contributed by atoms with Crippen molar-refractivity contribution in [2.45, 2.75) is 32.1 Å². The van der Waals surface area contributed by atoms with E-state index in [0.717, 1.165) is 37.5 Å². The average molecular weight is 295 g/mol. The molecule has 0 spiro atoms. The Morgan fingerprint density at radius 2 is 2.00 bits per heavy atom. The third-order valence-electron chi connectivity index (χ3n) is 4.03. The van der Waals surface area contributed by atoms with Crippen LogP contribution < -0.4 is 11.1 Å². The number of carbonyl (C=O) groups is 1. The number of hydrogen-bond donors (Lipinski definition) is 2. The first kappa shape index (κ1) is 15.4. The van der Waals surface area contributed by atoms with Gasteiger partial charge < -0.3 is 11.1 Å². The monoisotopic (exact) mass is 295 g/mol. The number of hydrogen-bond acceptors (Lipinski definition) is 4. The minimum atomic E-state index is -0.759. The van der Waals surface area contributed by atoms with Gasteiger partial charge in [0.1, 0.15) is 5.82 Å². The predicted octanol–water partition coefficient (Wildman–Crippen LogP) is 2.58. The van der Waals surface area contributed by atoms with E-state index in [0.29, 0.717) is 12.8 Å².